The van der Waals surface area contributed by atoms with Gasteiger partial charge in [0.15, 0.2) is 0 Å². The maximum atomic E-state index is 14.2. The predicted octanol–water partition coefficient (Wildman–Crippen LogP) is 3.19. The maximum absolute atomic E-state index is 14.2. The number of carbonyl (C=O) groups is 1. The molecule has 30 heavy (non-hydrogen) atoms. The molecule has 1 fully saturated rings. The van der Waals surface area contributed by atoms with Gasteiger partial charge in [-0.2, -0.15) is 0 Å². The summed E-state index contributed by atoms with van der Waals surface area (Å²) in [6, 6.07) is 13.8. The van der Waals surface area contributed by atoms with E-state index in [1.54, 1.807) is 12.1 Å². The number of nitrogens with two attached hydrogens (primary N) is 1. The molecule has 0 bridgehead atoms. The third-order valence-corrected chi connectivity index (χ3v) is 5.36. The summed E-state index contributed by atoms with van der Waals surface area (Å²) >= 11 is 0. The molecule has 1 aromatic carbocycles. The van der Waals surface area contributed by atoms with E-state index in [9.17, 15) is 13.6 Å². The molecule has 154 valence electrons. The molecular weight excluding hydrogens is 388 g/mol. The zero-order chi connectivity index (χ0) is 21.1. The Hall–Kier alpha value is -3.42. The van der Waals surface area contributed by atoms with Crippen molar-refractivity contribution in [1.29, 1.82) is 0 Å². The van der Waals surface area contributed by atoms with Crippen molar-refractivity contribution in [2.75, 3.05) is 11.9 Å². The average molecular weight is 409 g/mol. The van der Waals surface area contributed by atoms with Gasteiger partial charge in [0.05, 0.1) is 17.8 Å². The van der Waals surface area contributed by atoms with Crippen molar-refractivity contribution in [2.24, 2.45) is 5.73 Å². The average Bonchev–Trinajstić information content (AvgIpc) is 2.71. The van der Waals surface area contributed by atoms with Gasteiger partial charge in [-0.25, -0.2) is 8.78 Å². The summed E-state index contributed by atoms with van der Waals surface area (Å²) in [5, 5.41) is 11.5. The summed E-state index contributed by atoms with van der Waals surface area (Å²) < 4.78 is 27.9. The number of halogens is 2. The first-order valence-corrected chi connectivity index (χ1v) is 9.65. The summed E-state index contributed by atoms with van der Waals surface area (Å²) in [7, 11) is 0. The lowest BCUT2D eigenvalue weighted by Gasteiger charge is -2.44. The van der Waals surface area contributed by atoms with Gasteiger partial charge in [-0.3, -0.25) is 9.78 Å². The van der Waals surface area contributed by atoms with E-state index in [0.717, 1.165) is 11.1 Å². The molecule has 3 N–H and O–H groups in total. The Morgan fingerprint density at radius 3 is 2.67 bits per heavy atom. The number of rotatable bonds is 7. The minimum absolute atomic E-state index is 0.155. The van der Waals surface area contributed by atoms with Gasteiger partial charge < -0.3 is 11.1 Å². The van der Waals surface area contributed by atoms with Crippen LogP contribution in [-0.4, -0.2) is 33.8 Å². The number of pyridine rings is 1. The number of nitrogens with one attached hydrogen (secondary N) is 1. The summed E-state index contributed by atoms with van der Waals surface area (Å²) in [6.45, 7) is 0.309. The predicted molar refractivity (Wildman–Crippen MR) is 109 cm³/mol. The second-order valence-electron chi connectivity index (χ2n) is 7.62. The fourth-order valence-corrected chi connectivity index (χ4v) is 3.87. The highest BCUT2D eigenvalue weighted by Crippen LogP contribution is 2.45. The molecule has 2 heterocycles. The lowest BCUT2D eigenvalue weighted by molar-refractivity contribution is -0.117. The second-order valence-corrected chi connectivity index (χ2v) is 7.62. The van der Waals surface area contributed by atoms with Gasteiger partial charge in [0, 0.05) is 23.7 Å². The summed E-state index contributed by atoms with van der Waals surface area (Å²) in [5.41, 5.74) is 7.09. The molecular formula is C22H21F2N5O. The molecule has 0 saturated heterocycles. The number of anilines is 1. The third-order valence-electron chi connectivity index (χ3n) is 5.36. The van der Waals surface area contributed by atoms with Crippen LogP contribution >= 0.6 is 0 Å². The number of alkyl halides is 1. The number of hydrogen-bond acceptors (Lipinski definition) is 5. The molecule has 1 aliphatic rings. The van der Waals surface area contributed by atoms with Gasteiger partial charge in [0.2, 0.25) is 5.91 Å². The Morgan fingerprint density at radius 1 is 1.17 bits per heavy atom. The molecule has 0 radical (unpaired) electrons. The number of hydrogen-bond donors (Lipinski definition) is 2. The highest BCUT2D eigenvalue weighted by Gasteiger charge is 2.48. The highest BCUT2D eigenvalue weighted by molar-refractivity contribution is 5.77. The van der Waals surface area contributed by atoms with Crippen molar-refractivity contribution in [3.05, 3.63) is 71.8 Å². The van der Waals surface area contributed by atoms with Crippen LogP contribution in [0.1, 0.15) is 24.1 Å². The molecule has 0 aliphatic heterocycles. The van der Waals surface area contributed by atoms with E-state index in [0.29, 0.717) is 18.1 Å². The van der Waals surface area contributed by atoms with Gasteiger partial charge in [0.25, 0.3) is 0 Å². The number of primary amides is 1. The van der Waals surface area contributed by atoms with Crippen molar-refractivity contribution in [1.82, 2.24) is 15.2 Å². The molecule has 1 aliphatic carbocycles. The van der Waals surface area contributed by atoms with E-state index < -0.39 is 23.3 Å². The van der Waals surface area contributed by atoms with E-state index in [1.165, 1.54) is 18.3 Å². The van der Waals surface area contributed by atoms with Gasteiger partial charge >= 0.3 is 0 Å². The minimum Gasteiger partial charge on any atom is -0.369 e. The Labute approximate surface area is 172 Å². The quantitative estimate of drug-likeness (QED) is 0.625. The standard InChI is InChI=1S/C22H21F2N5O/c23-16-11-22(12-16,21-17(24)5-2-8-26-21)13-27-20-7-6-18(28-29-20)15-4-1-3-14(9-15)10-19(25)30/h1-9,16H,10-13H2,(H2,25,30)(H,27,29). The maximum Gasteiger partial charge on any atom is 0.221 e. The first-order valence-electron chi connectivity index (χ1n) is 9.65. The Balaban J connectivity index is 1.47. The van der Waals surface area contributed by atoms with Crippen LogP contribution in [0.3, 0.4) is 0 Å². The Bertz CT molecular complexity index is 1050. The molecule has 4 rings (SSSR count). The zero-order valence-corrected chi connectivity index (χ0v) is 16.2. The third kappa shape index (κ3) is 4.12. The van der Waals surface area contributed by atoms with Crippen LogP contribution in [0.15, 0.2) is 54.7 Å². The van der Waals surface area contributed by atoms with Gasteiger partial charge in [0.1, 0.15) is 17.8 Å². The largest absolute Gasteiger partial charge is 0.369 e. The first kappa shape index (κ1) is 19.9. The van der Waals surface area contributed by atoms with Crippen LogP contribution < -0.4 is 11.1 Å². The molecule has 6 nitrogen and oxygen atoms in total. The number of aromatic nitrogens is 3. The smallest absolute Gasteiger partial charge is 0.221 e. The molecule has 0 atom stereocenters. The minimum atomic E-state index is -0.964. The summed E-state index contributed by atoms with van der Waals surface area (Å²) in [5.74, 6) is -0.323. The van der Waals surface area contributed by atoms with Gasteiger partial charge in [-0.1, -0.05) is 18.2 Å². The number of benzene rings is 1. The fourth-order valence-electron chi connectivity index (χ4n) is 3.87. The van der Waals surface area contributed by atoms with E-state index in [4.69, 9.17) is 5.73 Å². The van der Waals surface area contributed by atoms with Crippen LogP contribution in [0.2, 0.25) is 0 Å². The normalized spacial score (nSPS) is 20.4. The number of nitrogens with zero attached hydrogens (tertiary/aromatic N) is 3. The van der Waals surface area contributed by atoms with E-state index in [1.807, 2.05) is 24.3 Å². The van der Waals surface area contributed by atoms with Crippen molar-refractivity contribution in [3.8, 4) is 11.3 Å². The molecule has 1 saturated carbocycles. The van der Waals surface area contributed by atoms with E-state index in [2.05, 4.69) is 20.5 Å². The summed E-state index contributed by atoms with van der Waals surface area (Å²) in [4.78, 5) is 15.3. The second kappa shape index (κ2) is 8.14. The first-order chi connectivity index (χ1) is 14.4. The molecule has 0 spiro atoms. The summed E-state index contributed by atoms with van der Waals surface area (Å²) in [6.07, 6.45) is 1.14. The van der Waals surface area contributed by atoms with Crippen LogP contribution in [0.4, 0.5) is 14.6 Å². The van der Waals surface area contributed by atoms with Gasteiger partial charge in [-0.15, -0.1) is 10.2 Å². The van der Waals surface area contributed by atoms with Gasteiger partial charge in [-0.05, 0) is 48.7 Å². The SMILES string of the molecule is NC(=O)Cc1cccc(-c2ccc(NCC3(c4ncccc4F)CC(F)C3)nn2)c1. The highest BCUT2D eigenvalue weighted by atomic mass is 19.1. The topological polar surface area (TPSA) is 93.8 Å². The number of carbonyl (C=O) groups excluding carboxylic acids is 1. The lowest BCUT2D eigenvalue weighted by atomic mass is 9.65. The van der Waals surface area contributed by atoms with Crippen molar-refractivity contribution >= 4 is 11.7 Å². The molecule has 8 heteroatoms. The molecule has 1 amide bonds. The molecule has 2 aromatic heterocycles. The fraction of sp³-hybridized carbons (Fsp3) is 0.273. The molecule has 3 aromatic rings. The zero-order valence-electron chi connectivity index (χ0n) is 16.2. The lowest BCUT2D eigenvalue weighted by Crippen LogP contribution is -2.49. The Kier molecular flexibility index (Phi) is 5.39. The van der Waals surface area contributed by atoms with Crippen molar-refractivity contribution < 1.29 is 13.6 Å². The molecule has 0 unspecified atom stereocenters. The van der Waals surface area contributed by atoms with Crippen LogP contribution in [0.25, 0.3) is 11.3 Å². The van der Waals surface area contributed by atoms with Crippen LogP contribution in [-0.2, 0) is 16.6 Å². The van der Waals surface area contributed by atoms with Crippen molar-refractivity contribution in [3.63, 3.8) is 0 Å². The van der Waals surface area contributed by atoms with Crippen LogP contribution in [0, 0.1) is 5.82 Å². The van der Waals surface area contributed by atoms with E-state index >= 15 is 0 Å². The Morgan fingerprint density at radius 2 is 2.00 bits per heavy atom. The van der Waals surface area contributed by atoms with Crippen LogP contribution in [0.5, 0.6) is 0 Å². The van der Waals surface area contributed by atoms with Crippen molar-refractivity contribution in [2.45, 2.75) is 30.8 Å². The van der Waals surface area contributed by atoms with E-state index in [-0.39, 0.29) is 25.0 Å². The number of amides is 1. The monoisotopic (exact) mass is 409 g/mol.